The molecule has 2 aliphatic carbocycles. The zero-order chi connectivity index (χ0) is 46.3. The van der Waals surface area contributed by atoms with Crippen LogP contribution < -0.4 is 9.64 Å². The van der Waals surface area contributed by atoms with Crippen molar-refractivity contribution in [2.75, 3.05) is 4.90 Å². The summed E-state index contributed by atoms with van der Waals surface area (Å²) in [7, 11) is 0. The van der Waals surface area contributed by atoms with Crippen molar-refractivity contribution >= 4 is 76.7 Å². The van der Waals surface area contributed by atoms with Gasteiger partial charge in [-0.2, -0.15) is 0 Å². The highest BCUT2D eigenvalue weighted by Crippen LogP contribution is 2.45. The van der Waals surface area contributed by atoms with E-state index in [-0.39, 0.29) is 6.10 Å². The van der Waals surface area contributed by atoms with Crippen LogP contribution in [0.3, 0.4) is 0 Å². The number of para-hydroxylation sites is 5. The Kier molecular flexibility index (Phi) is 9.28. The van der Waals surface area contributed by atoms with Crippen molar-refractivity contribution in [3.05, 3.63) is 265 Å². The van der Waals surface area contributed by atoms with E-state index in [1.54, 1.807) is 0 Å². The van der Waals surface area contributed by atoms with Gasteiger partial charge in [0.15, 0.2) is 0 Å². The summed E-state index contributed by atoms with van der Waals surface area (Å²) in [5, 5.41) is 7.61. The van der Waals surface area contributed by atoms with Gasteiger partial charge in [-0.15, -0.1) is 0 Å². The van der Waals surface area contributed by atoms with Crippen molar-refractivity contribution in [2.24, 2.45) is 0 Å². The van der Waals surface area contributed by atoms with Crippen molar-refractivity contribution in [2.45, 2.75) is 25.4 Å². The molecule has 332 valence electrons. The Morgan fingerprint density at radius 2 is 1.23 bits per heavy atom. The van der Waals surface area contributed by atoms with Crippen LogP contribution in [-0.2, 0) is 0 Å². The third kappa shape index (κ3) is 6.37. The largest absolute Gasteiger partial charge is 0.485 e. The number of hydrogen-bond acceptors (Lipinski definition) is 2. The highest BCUT2D eigenvalue weighted by Gasteiger charge is 2.32. The maximum absolute atomic E-state index is 6.43. The molecule has 14 rings (SSSR count). The Labute approximate surface area is 406 Å². The summed E-state index contributed by atoms with van der Waals surface area (Å²) in [6.45, 7) is 4.30. The standard InChI is InChI=1S/C66H47N3O/c1-2-43(46-30-38-63-59(40-46)57-21-12-20-56-52-17-6-10-23-61(52)69(63)66(56)57)14-13-39-67(50-34-27-45(28-35-50)48-29-36-55-54-19-8-11-24-64(54)70-65(55)42-48)49-32-25-44(26-33-49)47-31-37-62-58(41-47)53-18-7-9-22-60(53)68(62)51-15-4-3-5-16-51/h2-27,29-34,36-41,65H,1,28,35,42H2. The van der Waals surface area contributed by atoms with E-state index >= 15 is 0 Å². The smallest absolute Gasteiger partial charge is 0.128 e. The van der Waals surface area contributed by atoms with E-state index in [1.807, 2.05) is 6.08 Å². The van der Waals surface area contributed by atoms with Gasteiger partial charge < -0.3 is 18.6 Å². The van der Waals surface area contributed by atoms with Gasteiger partial charge in [-0.25, -0.2) is 0 Å². The first-order valence-electron chi connectivity index (χ1n) is 24.4. The maximum Gasteiger partial charge on any atom is 0.128 e. The molecule has 0 saturated carbocycles. The number of rotatable bonds is 9. The molecule has 8 aromatic carbocycles. The molecule has 11 aromatic rings. The summed E-state index contributed by atoms with van der Waals surface area (Å²) < 4.78 is 11.2. The Hall–Kier alpha value is -8.86. The zero-order valence-corrected chi connectivity index (χ0v) is 38.6. The highest BCUT2D eigenvalue weighted by molar-refractivity contribution is 6.23. The summed E-state index contributed by atoms with van der Waals surface area (Å²) in [5.74, 6) is 0.990. The number of anilines is 1. The lowest BCUT2D eigenvalue weighted by Gasteiger charge is -2.28. The van der Waals surface area contributed by atoms with Gasteiger partial charge in [0.05, 0.1) is 27.6 Å². The molecular formula is C66H47N3O. The molecule has 0 radical (unpaired) electrons. The fraction of sp³-hybridized carbons (Fsp3) is 0.0606. The lowest BCUT2D eigenvalue weighted by molar-refractivity contribution is 0.275. The second kappa shape index (κ2) is 16.1. The third-order valence-electron chi connectivity index (χ3n) is 15.0. The van der Waals surface area contributed by atoms with Crippen molar-refractivity contribution in [1.29, 1.82) is 0 Å². The van der Waals surface area contributed by atoms with E-state index in [4.69, 9.17) is 4.74 Å². The molecule has 0 N–H and O–H groups in total. The van der Waals surface area contributed by atoms with Crippen molar-refractivity contribution < 1.29 is 4.74 Å². The quantitative estimate of drug-likeness (QED) is 0.135. The average molecular weight is 898 g/mol. The Bertz CT molecular complexity index is 4130. The maximum atomic E-state index is 6.43. The first kappa shape index (κ1) is 40.2. The van der Waals surface area contributed by atoms with Crippen LogP contribution in [0, 0.1) is 0 Å². The first-order valence-corrected chi connectivity index (χ1v) is 24.4. The van der Waals surface area contributed by atoms with Crippen LogP contribution >= 0.6 is 0 Å². The van der Waals surface area contributed by atoms with Crippen LogP contribution in [0.4, 0.5) is 5.69 Å². The average Bonchev–Trinajstić information content (AvgIpc) is 4.17. The number of ether oxygens (including phenoxy) is 1. The molecule has 1 unspecified atom stereocenters. The van der Waals surface area contributed by atoms with Crippen LogP contribution in [0.1, 0.15) is 30.4 Å². The first-order chi connectivity index (χ1) is 34.7. The number of aromatic nitrogens is 2. The molecule has 0 amide bonds. The summed E-state index contributed by atoms with van der Waals surface area (Å²) in [6.07, 6.45) is 20.6. The van der Waals surface area contributed by atoms with Gasteiger partial charge in [-0.3, -0.25) is 0 Å². The Morgan fingerprint density at radius 1 is 0.557 bits per heavy atom. The van der Waals surface area contributed by atoms with Gasteiger partial charge >= 0.3 is 0 Å². The van der Waals surface area contributed by atoms with E-state index in [0.29, 0.717) is 0 Å². The lowest BCUT2D eigenvalue weighted by Crippen LogP contribution is -2.19. The molecule has 0 saturated heterocycles. The summed E-state index contributed by atoms with van der Waals surface area (Å²) in [6, 6.07) is 66.0. The number of benzene rings is 8. The van der Waals surface area contributed by atoms with Crippen LogP contribution in [0.25, 0.3) is 87.9 Å². The highest BCUT2D eigenvalue weighted by atomic mass is 16.5. The van der Waals surface area contributed by atoms with E-state index in [0.717, 1.165) is 47.5 Å². The molecule has 3 aliphatic rings. The molecule has 0 bridgehead atoms. The minimum atomic E-state index is 0.0704. The lowest BCUT2D eigenvalue weighted by atomic mass is 9.86. The van der Waals surface area contributed by atoms with Crippen LogP contribution in [0.15, 0.2) is 254 Å². The van der Waals surface area contributed by atoms with Crippen molar-refractivity contribution in [3.63, 3.8) is 0 Å². The number of hydrogen-bond donors (Lipinski definition) is 0. The fourth-order valence-electron chi connectivity index (χ4n) is 11.6. The summed E-state index contributed by atoms with van der Waals surface area (Å²) >= 11 is 0. The predicted molar refractivity (Wildman–Crippen MR) is 294 cm³/mol. The van der Waals surface area contributed by atoms with Crippen LogP contribution in [0.2, 0.25) is 0 Å². The molecular weight excluding hydrogens is 851 g/mol. The topological polar surface area (TPSA) is 21.8 Å². The van der Waals surface area contributed by atoms with Gasteiger partial charge in [-0.1, -0.05) is 152 Å². The molecule has 4 nitrogen and oxygen atoms in total. The zero-order valence-electron chi connectivity index (χ0n) is 38.6. The number of fused-ring (bicyclic) bond motifs is 12. The van der Waals surface area contributed by atoms with Gasteiger partial charge in [0.25, 0.3) is 0 Å². The van der Waals surface area contributed by atoms with E-state index in [1.165, 1.54) is 99.0 Å². The third-order valence-corrected chi connectivity index (χ3v) is 15.0. The van der Waals surface area contributed by atoms with E-state index in [2.05, 4.69) is 245 Å². The summed E-state index contributed by atoms with van der Waals surface area (Å²) in [4.78, 5) is 2.36. The predicted octanol–water partition coefficient (Wildman–Crippen LogP) is 17.0. The van der Waals surface area contributed by atoms with Gasteiger partial charge in [0, 0.05) is 73.1 Å². The minimum absolute atomic E-state index is 0.0704. The monoisotopic (exact) mass is 897 g/mol. The normalized spacial score (nSPS) is 15.9. The molecule has 3 aromatic heterocycles. The number of nitrogens with zero attached hydrogens (tertiary/aromatic N) is 3. The second-order valence-corrected chi connectivity index (χ2v) is 18.8. The Balaban J connectivity index is 0.816. The summed E-state index contributed by atoms with van der Waals surface area (Å²) in [5.41, 5.74) is 19.5. The van der Waals surface area contributed by atoms with Gasteiger partial charge in [0.2, 0.25) is 0 Å². The van der Waals surface area contributed by atoms with Crippen LogP contribution in [0.5, 0.6) is 5.75 Å². The minimum Gasteiger partial charge on any atom is -0.485 e. The van der Waals surface area contributed by atoms with Crippen molar-refractivity contribution in [3.8, 4) is 22.6 Å². The van der Waals surface area contributed by atoms with Crippen LogP contribution in [-0.4, -0.2) is 15.1 Å². The molecule has 1 aliphatic heterocycles. The second-order valence-electron chi connectivity index (χ2n) is 18.8. The fourth-order valence-corrected chi connectivity index (χ4v) is 11.6. The molecule has 0 spiro atoms. The van der Waals surface area contributed by atoms with Gasteiger partial charge in [-0.05, 0) is 125 Å². The van der Waals surface area contributed by atoms with E-state index in [9.17, 15) is 0 Å². The molecule has 0 fully saturated rings. The number of allylic oxidation sites excluding steroid dienone is 10. The van der Waals surface area contributed by atoms with E-state index < -0.39 is 0 Å². The molecule has 4 heterocycles. The Morgan fingerprint density at radius 3 is 2.06 bits per heavy atom. The molecule has 1 atom stereocenters. The SMILES string of the molecule is C=CC(=CC=CN(C1=CC=C(C2=CC=C3c4ccccc4OC3C2)CC1)c1ccc(-c2ccc3c(c2)c2ccccc2n3-c2ccccc2)cc1)c1ccc2c(c1)c1cccc3c4ccccc4n2c31. The molecule has 4 heteroatoms. The molecule has 70 heavy (non-hydrogen) atoms. The van der Waals surface area contributed by atoms with Gasteiger partial charge in [0.1, 0.15) is 11.9 Å². The van der Waals surface area contributed by atoms with Crippen molar-refractivity contribution in [1.82, 2.24) is 8.97 Å².